The number of aliphatic hydroxyl groups excluding tert-OH is 1. The number of hydrogen-bond acceptors (Lipinski definition) is 4. The summed E-state index contributed by atoms with van der Waals surface area (Å²) < 4.78 is 1.82. The third-order valence-electron chi connectivity index (χ3n) is 3.56. The molecule has 0 bridgehead atoms. The molecule has 6 nitrogen and oxygen atoms in total. The van der Waals surface area contributed by atoms with Gasteiger partial charge in [0.25, 0.3) is 0 Å². The number of carbonyl (C=O) groups excluding carboxylic acids is 1. The minimum absolute atomic E-state index is 0.0127. The average molecular weight is 330 g/mol. The number of rotatable bonds is 6. The van der Waals surface area contributed by atoms with Crippen molar-refractivity contribution in [1.82, 2.24) is 9.78 Å². The standard InChI is InChI=1S/C18H26N4O2/c1-14-12-16(22(20-14)18(2,3)4)19-17(24)13-21(10-11-23)15-8-6-5-7-9-15/h5-9,12,23H,10-11,13H2,1-4H3,(H,19,24). The molecule has 2 aromatic rings. The van der Waals surface area contributed by atoms with Gasteiger partial charge in [0.2, 0.25) is 5.91 Å². The van der Waals surface area contributed by atoms with Crippen molar-refractivity contribution in [2.45, 2.75) is 33.2 Å². The summed E-state index contributed by atoms with van der Waals surface area (Å²) in [6.07, 6.45) is 0. The Labute approximate surface area is 143 Å². The van der Waals surface area contributed by atoms with E-state index in [1.54, 1.807) is 0 Å². The Bertz CT molecular complexity index is 674. The van der Waals surface area contributed by atoms with Crippen molar-refractivity contribution < 1.29 is 9.90 Å². The predicted molar refractivity (Wildman–Crippen MR) is 96.3 cm³/mol. The Kier molecular flexibility index (Phi) is 5.62. The van der Waals surface area contributed by atoms with E-state index in [9.17, 15) is 9.90 Å². The van der Waals surface area contributed by atoms with E-state index in [-0.39, 0.29) is 24.6 Å². The van der Waals surface area contributed by atoms with Crippen molar-refractivity contribution in [3.63, 3.8) is 0 Å². The highest BCUT2D eigenvalue weighted by Crippen LogP contribution is 2.21. The highest BCUT2D eigenvalue weighted by Gasteiger charge is 2.20. The first-order valence-electron chi connectivity index (χ1n) is 8.09. The van der Waals surface area contributed by atoms with E-state index in [0.717, 1.165) is 11.4 Å². The minimum atomic E-state index is -0.221. The lowest BCUT2D eigenvalue weighted by Crippen LogP contribution is -2.36. The van der Waals surface area contributed by atoms with Crippen LogP contribution in [0.2, 0.25) is 0 Å². The number of carbonyl (C=O) groups is 1. The van der Waals surface area contributed by atoms with Crippen molar-refractivity contribution in [1.29, 1.82) is 0 Å². The highest BCUT2D eigenvalue weighted by molar-refractivity contribution is 5.93. The van der Waals surface area contributed by atoms with Gasteiger partial charge in [-0.15, -0.1) is 0 Å². The van der Waals surface area contributed by atoms with Gasteiger partial charge in [0.05, 0.1) is 24.4 Å². The van der Waals surface area contributed by atoms with Crippen LogP contribution in [0, 0.1) is 6.92 Å². The van der Waals surface area contributed by atoms with Crippen LogP contribution in [0.3, 0.4) is 0 Å². The Morgan fingerprint density at radius 2 is 1.96 bits per heavy atom. The Balaban J connectivity index is 2.12. The summed E-state index contributed by atoms with van der Waals surface area (Å²) >= 11 is 0. The fourth-order valence-electron chi connectivity index (χ4n) is 2.51. The van der Waals surface area contributed by atoms with Crippen LogP contribution in [0.1, 0.15) is 26.5 Å². The van der Waals surface area contributed by atoms with Gasteiger partial charge in [0.1, 0.15) is 5.82 Å². The molecule has 0 radical (unpaired) electrons. The largest absolute Gasteiger partial charge is 0.395 e. The van der Waals surface area contributed by atoms with E-state index in [0.29, 0.717) is 12.4 Å². The zero-order valence-corrected chi connectivity index (χ0v) is 14.8. The van der Waals surface area contributed by atoms with Gasteiger partial charge in [-0.3, -0.25) is 4.79 Å². The summed E-state index contributed by atoms with van der Waals surface area (Å²) in [6, 6.07) is 11.5. The lowest BCUT2D eigenvalue weighted by molar-refractivity contribution is -0.115. The van der Waals surface area contributed by atoms with E-state index in [4.69, 9.17) is 0 Å². The Morgan fingerprint density at radius 1 is 1.29 bits per heavy atom. The molecule has 6 heteroatoms. The molecule has 1 amide bonds. The zero-order chi connectivity index (χ0) is 17.7. The number of aromatic nitrogens is 2. The van der Waals surface area contributed by atoms with Gasteiger partial charge in [0.15, 0.2) is 0 Å². The van der Waals surface area contributed by atoms with Crippen LogP contribution in [-0.4, -0.2) is 40.5 Å². The van der Waals surface area contributed by atoms with Crippen LogP contribution in [0.15, 0.2) is 36.4 Å². The molecule has 1 heterocycles. The minimum Gasteiger partial charge on any atom is -0.395 e. The second-order valence-electron chi connectivity index (χ2n) is 6.78. The maximum atomic E-state index is 12.5. The number of benzene rings is 1. The Hall–Kier alpha value is -2.34. The van der Waals surface area contributed by atoms with Crippen LogP contribution in [0.4, 0.5) is 11.5 Å². The van der Waals surface area contributed by atoms with E-state index in [2.05, 4.69) is 10.4 Å². The molecule has 0 aliphatic rings. The normalized spacial score (nSPS) is 11.4. The lowest BCUT2D eigenvalue weighted by Gasteiger charge is -2.25. The third kappa shape index (κ3) is 4.58. The van der Waals surface area contributed by atoms with E-state index < -0.39 is 0 Å². The molecule has 0 unspecified atom stereocenters. The highest BCUT2D eigenvalue weighted by atomic mass is 16.3. The van der Waals surface area contributed by atoms with Crippen LogP contribution in [0.25, 0.3) is 0 Å². The molecule has 1 aromatic carbocycles. The molecule has 2 N–H and O–H groups in total. The number of anilines is 2. The van der Waals surface area contributed by atoms with E-state index in [1.165, 1.54) is 0 Å². The Morgan fingerprint density at radius 3 is 2.54 bits per heavy atom. The quantitative estimate of drug-likeness (QED) is 0.853. The maximum Gasteiger partial charge on any atom is 0.245 e. The molecule has 0 spiro atoms. The van der Waals surface area contributed by atoms with Gasteiger partial charge in [-0.05, 0) is 39.8 Å². The summed E-state index contributed by atoms with van der Waals surface area (Å²) in [5, 5.41) is 16.7. The fraction of sp³-hybridized carbons (Fsp3) is 0.444. The van der Waals surface area contributed by atoms with Crippen LogP contribution in [0.5, 0.6) is 0 Å². The summed E-state index contributed by atoms with van der Waals surface area (Å²) in [5.74, 6) is 0.541. The first-order chi connectivity index (χ1) is 11.3. The van der Waals surface area contributed by atoms with Crippen molar-refractivity contribution in [3.8, 4) is 0 Å². The predicted octanol–water partition coefficient (Wildman–Crippen LogP) is 2.38. The van der Waals surface area contributed by atoms with Gasteiger partial charge in [-0.1, -0.05) is 18.2 Å². The second kappa shape index (κ2) is 7.49. The fourth-order valence-corrected chi connectivity index (χ4v) is 2.51. The summed E-state index contributed by atoms with van der Waals surface area (Å²) in [7, 11) is 0. The summed E-state index contributed by atoms with van der Waals surface area (Å²) in [5.41, 5.74) is 1.54. The molecule has 0 saturated carbocycles. The van der Waals surface area contributed by atoms with Crippen LogP contribution < -0.4 is 10.2 Å². The van der Waals surface area contributed by atoms with E-state index in [1.807, 2.05) is 73.7 Å². The van der Waals surface area contributed by atoms with Gasteiger partial charge >= 0.3 is 0 Å². The zero-order valence-electron chi connectivity index (χ0n) is 14.8. The first-order valence-corrected chi connectivity index (χ1v) is 8.09. The first kappa shape index (κ1) is 18.0. The number of amides is 1. The van der Waals surface area contributed by atoms with Gasteiger partial charge < -0.3 is 15.3 Å². The molecule has 2 rings (SSSR count). The number of nitrogens with zero attached hydrogens (tertiary/aromatic N) is 3. The van der Waals surface area contributed by atoms with Crippen molar-refractivity contribution in [3.05, 3.63) is 42.1 Å². The second-order valence-corrected chi connectivity index (χ2v) is 6.78. The van der Waals surface area contributed by atoms with E-state index >= 15 is 0 Å². The molecule has 0 aliphatic heterocycles. The monoisotopic (exact) mass is 330 g/mol. The molecule has 0 fully saturated rings. The number of hydrogen-bond donors (Lipinski definition) is 2. The third-order valence-corrected chi connectivity index (χ3v) is 3.56. The molecule has 1 aromatic heterocycles. The molecular weight excluding hydrogens is 304 g/mol. The van der Waals surface area contributed by atoms with Gasteiger partial charge in [-0.2, -0.15) is 5.10 Å². The summed E-state index contributed by atoms with van der Waals surface area (Å²) in [4.78, 5) is 14.3. The molecule has 0 atom stereocenters. The number of para-hydroxylation sites is 1. The summed E-state index contributed by atoms with van der Waals surface area (Å²) in [6.45, 7) is 8.57. The topological polar surface area (TPSA) is 70.4 Å². The van der Waals surface area contributed by atoms with Crippen LogP contribution in [-0.2, 0) is 10.3 Å². The van der Waals surface area contributed by atoms with Gasteiger partial charge in [-0.25, -0.2) is 4.68 Å². The molecule has 130 valence electrons. The van der Waals surface area contributed by atoms with Crippen molar-refractivity contribution >= 4 is 17.4 Å². The number of nitrogens with one attached hydrogen (secondary N) is 1. The smallest absolute Gasteiger partial charge is 0.245 e. The SMILES string of the molecule is Cc1cc(NC(=O)CN(CCO)c2ccccc2)n(C(C)(C)C)n1. The van der Waals surface area contributed by atoms with Crippen molar-refractivity contribution in [2.24, 2.45) is 0 Å². The number of aliphatic hydroxyl groups is 1. The molecule has 24 heavy (non-hydrogen) atoms. The van der Waals surface area contributed by atoms with Gasteiger partial charge in [0, 0.05) is 18.3 Å². The maximum absolute atomic E-state index is 12.5. The molecular formula is C18H26N4O2. The molecule has 0 saturated heterocycles. The number of aryl methyl sites for hydroxylation is 1. The average Bonchev–Trinajstić information content (AvgIpc) is 2.88. The lowest BCUT2D eigenvalue weighted by atomic mass is 10.1. The molecule has 0 aliphatic carbocycles. The van der Waals surface area contributed by atoms with Crippen LogP contribution >= 0.6 is 0 Å². The van der Waals surface area contributed by atoms with Crippen molar-refractivity contribution in [2.75, 3.05) is 29.9 Å².